The van der Waals surface area contributed by atoms with Gasteiger partial charge in [-0.15, -0.1) is 11.3 Å². The first kappa shape index (κ1) is 13.4. The largest absolute Gasteiger partial charge is 0.478 e. The second-order valence-electron chi connectivity index (χ2n) is 4.75. The number of nitrogens with zero attached hydrogens (tertiary/aromatic N) is 2. The van der Waals surface area contributed by atoms with Crippen LogP contribution in [-0.2, 0) is 6.54 Å². The molecular formula is C14H13ClN2O2S. The van der Waals surface area contributed by atoms with E-state index in [9.17, 15) is 9.90 Å². The SMILES string of the molecule is O=C(O)c1ccc(Cl)nc1N(Cc1cccs1)C1CC1. The number of anilines is 1. The van der Waals surface area contributed by atoms with Gasteiger partial charge in [0.15, 0.2) is 0 Å². The van der Waals surface area contributed by atoms with Gasteiger partial charge in [-0.25, -0.2) is 9.78 Å². The lowest BCUT2D eigenvalue weighted by Crippen LogP contribution is -2.27. The highest BCUT2D eigenvalue weighted by atomic mass is 35.5. The molecule has 1 aliphatic carbocycles. The zero-order chi connectivity index (χ0) is 14.1. The van der Waals surface area contributed by atoms with E-state index in [-0.39, 0.29) is 5.56 Å². The molecule has 0 radical (unpaired) electrons. The van der Waals surface area contributed by atoms with Gasteiger partial charge in [-0.3, -0.25) is 0 Å². The summed E-state index contributed by atoms with van der Waals surface area (Å²) >= 11 is 7.60. The molecule has 2 heterocycles. The summed E-state index contributed by atoms with van der Waals surface area (Å²) in [5, 5.41) is 11.7. The second-order valence-corrected chi connectivity index (χ2v) is 6.17. The fraction of sp³-hybridized carbons (Fsp3) is 0.286. The third-order valence-corrected chi connectivity index (χ3v) is 4.31. The highest BCUT2D eigenvalue weighted by Gasteiger charge is 2.32. The Labute approximate surface area is 125 Å². The number of aromatic nitrogens is 1. The number of pyridine rings is 1. The summed E-state index contributed by atoms with van der Waals surface area (Å²) in [5.74, 6) is -0.498. The Morgan fingerprint density at radius 2 is 2.25 bits per heavy atom. The Morgan fingerprint density at radius 3 is 2.85 bits per heavy atom. The quantitative estimate of drug-likeness (QED) is 0.856. The summed E-state index contributed by atoms with van der Waals surface area (Å²) in [7, 11) is 0. The molecule has 0 bridgehead atoms. The Hall–Kier alpha value is -1.59. The summed E-state index contributed by atoms with van der Waals surface area (Å²) in [4.78, 5) is 18.9. The normalized spacial score (nSPS) is 14.2. The summed E-state index contributed by atoms with van der Waals surface area (Å²) in [6, 6.07) is 7.45. The van der Waals surface area contributed by atoms with Crippen molar-refractivity contribution in [3.8, 4) is 0 Å². The van der Waals surface area contributed by atoms with Crippen molar-refractivity contribution in [3.05, 3.63) is 45.2 Å². The van der Waals surface area contributed by atoms with Crippen molar-refractivity contribution in [2.45, 2.75) is 25.4 Å². The van der Waals surface area contributed by atoms with Gasteiger partial charge in [0.2, 0.25) is 0 Å². The van der Waals surface area contributed by atoms with Crippen LogP contribution in [0.1, 0.15) is 28.1 Å². The van der Waals surface area contributed by atoms with Crippen LogP contribution in [0.3, 0.4) is 0 Å². The lowest BCUT2D eigenvalue weighted by atomic mass is 10.2. The topological polar surface area (TPSA) is 53.4 Å². The molecule has 0 saturated heterocycles. The van der Waals surface area contributed by atoms with Gasteiger partial charge in [0.25, 0.3) is 0 Å². The average molecular weight is 309 g/mol. The minimum Gasteiger partial charge on any atom is -0.478 e. The third-order valence-electron chi connectivity index (χ3n) is 3.24. The molecule has 1 saturated carbocycles. The maximum atomic E-state index is 11.4. The van der Waals surface area contributed by atoms with Crippen LogP contribution < -0.4 is 4.90 Å². The van der Waals surface area contributed by atoms with Gasteiger partial charge in [-0.2, -0.15) is 0 Å². The number of hydrogen-bond donors (Lipinski definition) is 1. The monoisotopic (exact) mass is 308 g/mol. The van der Waals surface area contributed by atoms with Gasteiger partial charge in [-0.1, -0.05) is 17.7 Å². The van der Waals surface area contributed by atoms with Crippen molar-refractivity contribution in [2.24, 2.45) is 0 Å². The molecule has 1 aliphatic rings. The molecule has 1 N–H and O–H groups in total. The summed E-state index contributed by atoms with van der Waals surface area (Å²) in [6.07, 6.45) is 2.14. The Kier molecular flexibility index (Phi) is 3.63. The van der Waals surface area contributed by atoms with E-state index in [1.54, 1.807) is 11.3 Å². The van der Waals surface area contributed by atoms with E-state index in [0.717, 1.165) is 12.8 Å². The number of halogens is 1. The first-order chi connectivity index (χ1) is 9.65. The van der Waals surface area contributed by atoms with E-state index in [1.807, 2.05) is 17.5 Å². The van der Waals surface area contributed by atoms with E-state index >= 15 is 0 Å². The van der Waals surface area contributed by atoms with Crippen molar-refractivity contribution in [3.63, 3.8) is 0 Å². The van der Waals surface area contributed by atoms with E-state index < -0.39 is 5.97 Å². The summed E-state index contributed by atoms with van der Waals surface area (Å²) in [5.41, 5.74) is 0.206. The zero-order valence-corrected chi connectivity index (χ0v) is 12.2. The average Bonchev–Trinajstić information content (AvgIpc) is 3.12. The highest BCUT2D eigenvalue weighted by Crippen LogP contribution is 2.35. The van der Waals surface area contributed by atoms with Gasteiger partial charge < -0.3 is 10.0 Å². The fourth-order valence-corrected chi connectivity index (χ4v) is 2.99. The molecule has 0 aliphatic heterocycles. The lowest BCUT2D eigenvalue weighted by Gasteiger charge is -2.24. The number of rotatable bonds is 5. The first-order valence-corrected chi connectivity index (χ1v) is 7.60. The molecule has 0 aromatic carbocycles. The van der Waals surface area contributed by atoms with Crippen molar-refractivity contribution in [2.75, 3.05) is 4.90 Å². The molecule has 6 heteroatoms. The number of aromatic carboxylic acids is 1. The Morgan fingerprint density at radius 1 is 1.45 bits per heavy atom. The van der Waals surface area contributed by atoms with Crippen LogP contribution in [0, 0.1) is 0 Å². The van der Waals surface area contributed by atoms with E-state index in [0.29, 0.717) is 23.6 Å². The van der Waals surface area contributed by atoms with Crippen molar-refractivity contribution in [1.82, 2.24) is 4.98 Å². The standard InChI is InChI=1S/C14H13ClN2O2S/c15-12-6-5-11(14(18)19)13(16-12)17(9-3-4-9)8-10-2-1-7-20-10/h1-2,5-7,9H,3-4,8H2,(H,18,19). The zero-order valence-electron chi connectivity index (χ0n) is 10.6. The molecule has 2 aromatic rings. The molecule has 4 nitrogen and oxygen atoms in total. The van der Waals surface area contributed by atoms with Gasteiger partial charge in [0.05, 0.1) is 6.54 Å². The van der Waals surface area contributed by atoms with Gasteiger partial charge in [-0.05, 0) is 36.4 Å². The smallest absolute Gasteiger partial charge is 0.339 e. The number of thiophene rings is 1. The molecule has 104 valence electrons. The number of carboxylic acids is 1. The highest BCUT2D eigenvalue weighted by molar-refractivity contribution is 7.09. The predicted molar refractivity (Wildman–Crippen MR) is 79.7 cm³/mol. The fourth-order valence-electron chi connectivity index (χ4n) is 2.14. The molecule has 0 atom stereocenters. The number of carbonyl (C=O) groups is 1. The summed E-state index contributed by atoms with van der Waals surface area (Å²) < 4.78 is 0. The van der Waals surface area contributed by atoms with Crippen LogP contribution in [-0.4, -0.2) is 22.1 Å². The number of carboxylic acid groups (broad SMARTS) is 1. The number of hydrogen-bond acceptors (Lipinski definition) is 4. The molecule has 0 amide bonds. The predicted octanol–water partition coefficient (Wildman–Crippen LogP) is 3.66. The maximum absolute atomic E-state index is 11.4. The lowest BCUT2D eigenvalue weighted by molar-refractivity contribution is 0.0697. The minimum atomic E-state index is -0.971. The van der Waals surface area contributed by atoms with Gasteiger partial charge >= 0.3 is 5.97 Å². The van der Waals surface area contributed by atoms with Crippen molar-refractivity contribution >= 4 is 34.7 Å². The third kappa shape index (κ3) is 2.78. The Bertz CT molecular complexity index is 626. The van der Waals surface area contributed by atoms with Crippen LogP contribution in [0.15, 0.2) is 29.6 Å². The molecular weight excluding hydrogens is 296 g/mol. The van der Waals surface area contributed by atoms with Crippen LogP contribution in [0.4, 0.5) is 5.82 Å². The van der Waals surface area contributed by atoms with Crippen molar-refractivity contribution < 1.29 is 9.90 Å². The Balaban J connectivity index is 1.98. The summed E-state index contributed by atoms with van der Waals surface area (Å²) in [6.45, 7) is 0.677. The van der Waals surface area contributed by atoms with Crippen LogP contribution in [0.25, 0.3) is 0 Å². The van der Waals surface area contributed by atoms with Gasteiger partial charge in [0.1, 0.15) is 16.5 Å². The molecule has 0 spiro atoms. The maximum Gasteiger partial charge on any atom is 0.339 e. The molecule has 1 fully saturated rings. The molecule has 20 heavy (non-hydrogen) atoms. The molecule has 0 unspecified atom stereocenters. The second kappa shape index (κ2) is 5.42. The van der Waals surface area contributed by atoms with E-state index in [4.69, 9.17) is 11.6 Å². The van der Waals surface area contributed by atoms with E-state index in [1.165, 1.54) is 17.0 Å². The van der Waals surface area contributed by atoms with Crippen LogP contribution >= 0.6 is 22.9 Å². The molecule has 3 rings (SSSR count). The van der Waals surface area contributed by atoms with Crippen molar-refractivity contribution in [1.29, 1.82) is 0 Å². The first-order valence-electron chi connectivity index (χ1n) is 6.34. The molecule has 2 aromatic heterocycles. The van der Waals surface area contributed by atoms with Crippen LogP contribution in [0.5, 0.6) is 0 Å². The minimum absolute atomic E-state index is 0.206. The van der Waals surface area contributed by atoms with E-state index in [2.05, 4.69) is 9.88 Å². The van der Waals surface area contributed by atoms with Gasteiger partial charge in [0, 0.05) is 10.9 Å². The van der Waals surface area contributed by atoms with Crippen LogP contribution in [0.2, 0.25) is 5.15 Å².